The van der Waals surface area contributed by atoms with Crippen molar-refractivity contribution in [3.8, 4) is 0 Å². The van der Waals surface area contributed by atoms with Crippen LogP contribution in [0.2, 0.25) is 0 Å². The average molecular weight is 1020 g/mol. The Morgan fingerprint density at radius 2 is 1.10 bits per heavy atom. The van der Waals surface area contributed by atoms with Gasteiger partial charge in [0.25, 0.3) is 0 Å². The summed E-state index contributed by atoms with van der Waals surface area (Å²) in [4.78, 5) is 60.9. The van der Waals surface area contributed by atoms with Crippen molar-refractivity contribution in [2.24, 2.45) is 0 Å². The van der Waals surface area contributed by atoms with Gasteiger partial charge in [0, 0.05) is 81.8 Å². The Hall–Kier alpha value is -5.05. The molecule has 2 aliphatic carbocycles. The van der Waals surface area contributed by atoms with Gasteiger partial charge in [0.15, 0.2) is 0 Å². The van der Waals surface area contributed by atoms with Gasteiger partial charge in [-0.15, -0.1) is 0 Å². The van der Waals surface area contributed by atoms with Gasteiger partial charge in [0.2, 0.25) is 5.91 Å². The SMILES string of the molecule is CC(=O)N1CCN(c2cccc3c2C[C@H](CN(C)[C@H]2CCCc4cccnc42)N(C(=O)OC(C)(C)C)C3)CC1.CN(CC1Cc2c(Br)cccc2CN1C(=O)OC(C)(C)C)[C@H]1CCCc2cccnc21. The fraction of sp³-hybridized carbons (Fsp3) is 0.554. The number of carbonyl (C=O) groups excluding carboxylic acids is 3. The number of anilines is 1. The molecule has 3 amide bonds. The van der Waals surface area contributed by atoms with E-state index >= 15 is 0 Å². The second-order valence-electron chi connectivity index (χ2n) is 22.0. The zero-order valence-electron chi connectivity index (χ0n) is 43.0. The van der Waals surface area contributed by atoms with Crippen LogP contribution in [0.3, 0.4) is 0 Å². The zero-order chi connectivity index (χ0) is 49.9. The first kappa shape index (κ1) is 51.3. The maximum absolute atomic E-state index is 13.5. The molecule has 5 aliphatic rings. The summed E-state index contributed by atoms with van der Waals surface area (Å²) < 4.78 is 12.8. The number of rotatable bonds is 7. The lowest BCUT2D eigenvalue weighted by molar-refractivity contribution is -0.129. The third kappa shape index (κ3) is 12.2. The van der Waals surface area contributed by atoms with Gasteiger partial charge in [-0.1, -0.05) is 52.3 Å². The molecule has 0 radical (unpaired) electrons. The lowest BCUT2D eigenvalue weighted by Gasteiger charge is -2.43. The number of amides is 3. The standard InChI is InChI=1S/C31H43N5O3.C25H32BrN3O2/c1-22(37)34-15-17-35(18-16-34)27-12-7-10-24-20-36(30(38)39-31(2,3)4)25(19-26(24)27)21-33(5)28-13-6-9-23-11-8-14-32-29(23)28;1-25(2,3)31-24(30)29-15-18-9-5-11-21(26)20(18)14-19(29)16-28(4)22-12-6-8-17-10-7-13-27-23(17)22/h7-8,10-12,14,25,28H,6,9,13,15-21H2,1-5H3;5,7,9-11,13,19,22H,6,8,12,14-16H2,1-4H3/t25-,28+;19?,22-/m10/s1. The van der Waals surface area contributed by atoms with Crippen molar-refractivity contribution in [3.05, 3.63) is 122 Å². The second kappa shape index (κ2) is 21.7. The molecule has 5 heterocycles. The molecule has 13 nitrogen and oxygen atoms in total. The Bertz CT molecular complexity index is 2500. The number of hydrogen-bond donors (Lipinski definition) is 0. The molecule has 0 N–H and O–H groups in total. The number of carbonyl (C=O) groups is 3. The average Bonchev–Trinajstić information content (AvgIpc) is 3.32. The maximum Gasteiger partial charge on any atom is 0.410 e. The highest BCUT2D eigenvalue weighted by Crippen LogP contribution is 2.38. The van der Waals surface area contributed by atoms with Crippen molar-refractivity contribution >= 4 is 39.7 Å². The van der Waals surface area contributed by atoms with Gasteiger partial charge >= 0.3 is 12.2 Å². The summed E-state index contributed by atoms with van der Waals surface area (Å²) in [6.45, 7) is 18.9. The number of aryl methyl sites for hydroxylation is 2. The molecule has 9 rings (SSSR count). The largest absolute Gasteiger partial charge is 0.444 e. The fourth-order valence-corrected chi connectivity index (χ4v) is 11.8. The first-order valence-electron chi connectivity index (χ1n) is 25.5. The van der Waals surface area contributed by atoms with E-state index in [0.717, 1.165) is 88.7 Å². The monoisotopic (exact) mass is 1020 g/mol. The van der Waals surface area contributed by atoms with Crippen molar-refractivity contribution < 1.29 is 23.9 Å². The Morgan fingerprint density at radius 1 is 0.643 bits per heavy atom. The number of halogens is 1. The molecule has 2 aromatic heterocycles. The van der Waals surface area contributed by atoms with Gasteiger partial charge < -0.3 is 19.3 Å². The summed E-state index contributed by atoms with van der Waals surface area (Å²) in [7, 11) is 4.33. The van der Waals surface area contributed by atoms with Crippen LogP contribution in [0, 0.1) is 0 Å². The fourth-order valence-electron chi connectivity index (χ4n) is 11.2. The van der Waals surface area contributed by atoms with Gasteiger partial charge in [-0.2, -0.15) is 0 Å². The number of ether oxygens (including phenoxy) is 2. The summed E-state index contributed by atoms with van der Waals surface area (Å²) in [5, 5.41) is 0. The topological polar surface area (TPSA) is 115 Å². The molecule has 1 fully saturated rings. The lowest BCUT2D eigenvalue weighted by Crippen LogP contribution is -2.52. The molecule has 1 saturated heterocycles. The molecule has 0 saturated carbocycles. The van der Waals surface area contributed by atoms with E-state index in [4.69, 9.17) is 19.4 Å². The van der Waals surface area contributed by atoms with Crippen molar-refractivity contribution in [1.29, 1.82) is 0 Å². The molecule has 1 unspecified atom stereocenters. The van der Waals surface area contributed by atoms with Crippen molar-refractivity contribution in [3.63, 3.8) is 0 Å². The van der Waals surface area contributed by atoms with Crippen LogP contribution >= 0.6 is 15.9 Å². The lowest BCUT2D eigenvalue weighted by atomic mass is 9.89. The minimum absolute atomic E-state index is 0.0221. The maximum atomic E-state index is 13.5. The molecule has 4 atom stereocenters. The minimum Gasteiger partial charge on any atom is -0.444 e. The van der Waals surface area contributed by atoms with Crippen LogP contribution in [-0.2, 0) is 53.0 Å². The van der Waals surface area contributed by atoms with E-state index in [2.05, 4.69) is 87.2 Å². The Labute approximate surface area is 425 Å². The van der Waals surface area contributed by atoms with Gasteiger partial charge in [-0.3, -0.25) is 34.4 Å². The Balaban J connectivity index is 0.000000193. The Morgan fingerprint density at radius 3 is 1.59 bits per heavy atom. The van der Waals surface area contributed by atoms with Crippen LogP contribution in [0.25, 0.3) is 0 Å². The smallest absolute Gasteiger partial charge is 0.410 e. The van der Waals surface area contributed by atoms with Crippen LogP contribution in [-0.4, -0.2) is 129 Å². The van der Waals surface area contributed by atoms with Gasteiger partial charge in [-0.25, -0.2) is 9.59 Å². The van der Waals surface area contributed by atoms with Gasteiger partial charge in [0.05, 0.1) is 35.6 Å². The van der Waals surface area contributed by atoms with E-state index in [-0.39, 0.29) is 42.3 Å². The number of likely N-dealkylation sites (N-methyl/N-ethyl adjacent to an activating group) is 2. The molecule has 14 heteroatoms. The number of benzene rings is 2. The summed E-state index contributed by atoms with van der Waals surface area (Å²) >= 11 is 3.72. The van der Waals surface area contributed by atoms with E-state index in [1.807, 2.05) is 86.8 Å². The van der Waals surface area contributed by atoms with E-state index in [1.165, 1.54) is 56.9 Å². The first-order valence-corrected chi connectivity index (χ1v) is 26.3. The van der Waals surface area contributed by atoms with Crippen LogP contribution in [0.5, 0.6) is 0 Å². The molecule has 376 valence electrons. The van der Waals surface area contributed by atoms with Crippen molar-refractivity contribution in [2.45, 2.75) is 148 Å². The first-order chi connectivity index (χ1) is 33.3. The summed E-state index contributed by atoms with van der Waals surface area (Å²) in [6.07, 6.45) is 11.5. The van der Waals surface area contributed by atoms with E-state index in [9.17, 15) is 14.4 Å². The van der Waals surface area contributed by atoms with Crippen LogP contribution in [0.4, 0.5) is 15.3 Å². The summed E-state index contributed by atoms with van der Waals surface area (Å²) in [5.74, 6) is 0.139. The Kier molecular flexibility index (Phi) is 15.9. The summed E-state index contributed by atoms with van der Waals surface area (Å²) in [5.41, 5.74) is 10.2. The summed E-state index contributed by atoms with van der Waals surface area (Å²) in [6, 6.07) is 21.7. The molecule has 0 bridgehead atoms. The minimum atomic E-state index is -0.557. The zero-order valence-corrected chi connectivity index (χ0v) is 44.6. The third-order valence-corrected chi connectivity index (χ3v) is 15.4. The second-order valence-corrected chi connectivity index (χ2v) is 22.9. The highest BCUT2D eigenvalue weighted by Gasteiger charge is 2.39. The molecular formula is C56H75BrN8O5. The number of nitrogens with zero attached hydrogens (tertiary/aromatic N) is 8. The van der Waals surface area contributed by atoms with Crippen molar-refractivity contribution in [2.75, 3.05) is 58.3 Å². The van der Waals surface area contributed by atoms with Crippen LogP contribution in [0.15, 0.2) is 77.5 Å². The number of fused-ring (bicyclic) bond motifs is 4. The highest BCUT2D eigenvalue weighted by molar-refractivity contribution is 9.10. The van der Waals surface area contributed by atoms with Crippen LogP contribution in [0.1, 0.15) is 131 Å². The van der Waals surface area contributed by atoms with Crippen molar-refractivity contribution in [1.82, 2.24) is 34.5 Å². The third-order valence-electron chi connectivity index (χ3n) is 14.6. The number of piperazine rings is 1. The molecule has 4 aromatic rings. The number of aromatic nitrogens is 2. The number of hydrogen-bond acceptors (Lipinski definition) is 10. The van der Waals surface area contributed by atoms with E-state index in [0.29, 0.717) is 13.1 Å². The molecule has 3 aliphatic heterocycles. The van der Waals surface area contributed by atoms with E-state index in [1.54, 1.807) is 6.92 Å². The van der Waals surface area contributed by atoms with E-state index < -0.39 is 11.2 Å². The van der Waals surface area contributed by atoms with Gasteiger partial charge in [-0.05, 0) is 165 Å². The molecular weight excluding hydrogens is 945 g/mol. The predicted octanol–water partition coefficient (Wildman–Crippen LogP) is 9.94. The quantitative estimate of drug-likeness (QED) is 0.177. The molecule has 70 heavy (non-hydrogen) atoms. The van der Waals surface area contributed by atoms with Crippen LogP contribution < -0.4 is 4.90 Å². The predicted molar refractivity (Wildman–Crippen MR) is 279 cm³/mol. The highest BCUT2D eigenvalue weighted by atomic mass is 79.9. The number of pyridine rings is 2. The molecule has 0 spiro atoms. The molecule has 2 aromatic carbocycles. The van der Waals surface area contributed by atoms with Gasteiger partial charge in [0.1, 0.15) is 11.2 Å². The normalized spacial score (nSPS) is 21.2.